The molecular weight excluding hydrogens is 330 g/mol. The molecule has 25 heavy (non-hydrogen) atoms. The van der Waals surface area contributed by atoms with E-state index in [9.17, 15) is 4.79 Å². The van der Waals surface area contributed by atoms with Crippen LogP contribution in [0.5, 0.6) is 0 Å². The van der Waals surface area contributed by atoms with Crippen LogP contribution in [0, 0.1) is 0 Å². The molecule has 0 bridgehead atoms. The van der Waals surface area contributed by atoms with Gasteiger partial charge in [-0.05, 0) is 14.0 Å². The second kappa shape index (κ2) is 19.3. The summed E-state index contributed by atoms with van der Waals surface area (Å²) in [4.78, 5) is 11.1. The van der Waals surface area contributed by atoms with Crippen LogP contribution in [-0.4, -0.2) is 92.2 Å². The molecule has 0 aromatic carbocycles. The lowest BCUT2D eigenvalue weighted by molar-refractivity contribution is -0.140. The average molecular weight is 363 g/mol. The van der Waals surface area contributed by atoms with Crippen molar-refractivity contribution in [2.75, 3.05) is 86.3 Å². The van der Waals surface area contributed by atoms with Crippen LogP contribution in [0.2, 0.25) is 0 Å². The van der Waals surface area contributed by atoms with Gasteiger partial charge in [0.25, 0.3) is 0 Å². The normalized spacial score (nSPS) is 10.8. The highest BCUT2D eigenvalue weighted by Crippen LogP contribution is 1.91. The van der Waals surface area contributed by atoms with Gasteiger partial charge in [0.15, 0.2) is 0 Å². The minimum atomic E-state index is -0.401. The third-order valence-electron chi connectivity index (χ3n) is 2.79. The Bertz CT molecular complexity index is 326. The highest BCUT2D eigenvalue weighted by molar-refractivity contribution is 5.86. The first kappa shape index (κ1) is 24.0. The number of carbonyl (C=O) groups excluding carboxylic acids is 1. The van der Waals surface area contributed by atoms with E-state index in [-0.39, 0.29) is 6.61 Å². The third kappa shape index (κ3) is 19.1. The Labute approximate surface area is 150 Å². The molecule has 0 aliphatic rings. The van der Waals surface area contributed by atoms with Crippen molar-refractivity contribution in [3.8, 4) is 0 Å². The number of rotatable bonds is 19. The Kier molecular flexibility index (Phi) is 18.5. The SMILES string of the molecule is C=C(C)C(=O)OCCOCCOCCOCCOCCOCCNC. The molecule has 0 atom stereocenters. The molecular formula is C17H33NO7. The molecule has 0 unspecified atom stereocenters. The molecule has 0 fully saturated rings. The standard InChI is InChI=1S/C17H33NO7/c1-16(2)17(19)25-15-14-24-13-12-23-11-10-22-9-8-21-7-6-20-5-4-18-3/h18H,1,4-15H2,2-3H3. The van der Waals surface area contributed by atoms with Gasteiger partial charge in [0.2, 0.25) is 0 Å². The molecule has 8 nitrogen and oxygen atoms in total. The first-order chi connectivity index (χ1) is 12.2. The lowest BCUT2D eigenvalue weighted by atomic mass is 10.4. The first-order valence-corrected chi connectivity index (χ1v) is 8.54. The number of hydrogen-bond acceptors (Lipinski definition) is 8. The molecule has 0 aromatic rings. The second-order valence-electron chi connectivity index (χ2n) is 5.08. The minimum absolute atomic E-state index is 0.218. The molecule has 1 N–H and O–H groups in total. The lowest BCUT2D eigenvalue weighted by Crippen LogP contribution is -2.17. The van der Waals surface area contributed by atoms with Gasteiger partial charge >= 0.3 is 5.97 Å². The largest absolute Gasteiger partial charge is 0.460 e. The Morgan fingerprint density at radius 2 is 1.08 bits per heavy atom. The van der Waals surface area contributed by atoms with Crippen molar-refractivity contribution in [2.45, 2.75) is 6.92 Å². The van der Waals surface area contributed by atoms with Crippen LogP contribution < -0.4 is 5.32 Å². The quantitative estimate of drug-likeness (QED) is 0.201. The van der Waals surface area contributed by atoms with E-state index in [0.717, 1.165) is 6.54 Å². The highest BCUT2D eigenvalue weighted by Gasteiger charge is 2.01. The first-order valence-electron chi connectivity index (χ1n) is 8.54. The Hall–Kier alpha value is -1.03. The predicted octanol–water partition coefficient (Wildman–Crippen LogP) is 0.408. The number of carbonyl (C=O) groups is 1. The van der Waals surface area contributed by atoms with Crippen molar-refractivity contribution in [1.82, 2.24) is 5.32 Å². The molecule has 0 aromatic heterocycles. The van der Waals surface area contributed by atoms with Gasteiger partial charge < -0.3 is 33.7 Å². The highest BCUT2D eigenvalue weighted by atomic mass is 16.6. The number of hydrogen-bond donors (Lipinski definition) is 1. The van der Waals surface area contributed by atoms with Crippen LogP contribution in [0.25, 0.3) is 0 Å². The van der Waals surface area contributed by atoms with Gasteiger partial charge in [-0.3, -0.25) is 0 Å². The maximum absolute atomic E-state index is 11.1. The molecule has 0 aliphatic heterocycles. The van der Waals surface area contributed by atoms with E-state index in [1.54, 1.807) is 6.92 Å². The van der Waals surface area contributed by atoms with Gasteiger partial charge in [-0.2, -0.15) is 0 Å². The van der Waals surface area contributed by atoms with Crippen LogP contribution in [0.4, 0.5) is 0 Å². The minimum Gasteiger partial charge on any atom is -0.460 e. The van der Waals surface area contributed by atoms with Crippen molar-refractivity contribution in [1.29, 1.82) is 0 Å². The number of esters is 1. The van der Waals surface area contributed by atoms with Crippen LogP contribution >= 0.6 is 0 Å². The summed E-state index contributed by atoms with van der Waals surface area (Å²) in [7, 11) is 1.89. The molecule has 0 aliphatic carbocycles. The molecule has 0 saturated carbocycles. The molecule has 0 heterocycles. The summed E-state index contributed by atoms with van der Waals surface area (Å²) in [6, 6.07) is 0. The van der Waals surface area contributed by atoms with Gasteiger partial charge in [-0.15, -0.1) is 0 Å². The van der Waals surface area contributed by atoms with Crippen LogP contribution in [0.15, 0.2) is 12.2 Å². The molecule has 0 amide bonds. The Morgan fingerprint density at radius 3 is 1.44 bits per heavy atom. The van der Waals surface area contributed by atoms with Crippen LogP contribution in [0.1, 0.15) is 6.92 Å². The second-order valence-corrected chi connectivity index (χ2v) is 5.08. The van der Waals surface area contributed by atoms with Gasteiger partial charge in [0, 0.05) is 12.1 Å². The Balaban J connectivity index is 3.05. The third-order valence-corrected chi connectivity index (χ3v) is 2.79. The maximum Gasteiger partial charge on any atom is 0.333 e. The molecule has 8 heteroatoms. The lowest BCUT2D eigenvalue weighted by Gasteiger charge is -2.08. The number of likely N-dealkylation sites (N-methyl/N-ethyl adjacent to an activating group) is 1. The molecule has 148 valence electrons. The monoisotopic (exact) mass is 363 g/mol. The fourth-order valence-electron chi connectivity index (χ4n) is 1.47. The molecule has 0 spiro atoms. The van der Waals surface area contributed by atoms with E-state index in [1.165, 1.54) is 0 Å². The summed E-state index contributed by atoms with van der Waals surface area (Å²) in [5, 5.41) is 3.00. The zero-order chi connectivity index (χ0) is 18.6. The topological polar surface area (TPSA) is 84.5 Å². The van der Waals surface area contributed by atoms with Gasteiger partial charge in [0.05, 0.1) is 66.1 Å². The van der Waals surface area contributed by atoms with Crippen molar-refractivity contribution in [3.05, 3.63) is 12.2 Å². The summed E-state index contributed by atoms with van der Waals surface area (Å²) in [5.74, 6) is -0.401. The number of nitrogens with one attached hydrogen (secondary N) is 1. The van der Waals surface area contributed by atoms with E-state index in [2.05, 4.69) is 11.9 Å². The van der Waals surface area contributed by atoms with E-state index in [1.807, 2.05) is 7.05 Å². The molecule has 0 rings (SSSR count). The summed E-state index contributed by atoms with van der Waals surface area (Å²) in [5.41, 5.74) is 0.381. The number of ether oxygens (including phenoxy) is 6. The maximum atomic E-state index is 11.1. The fourth-order valence-corrected chi connectivity index (χ4v) is 1.47. The summed E-state index contributed by atoms with van der Waals surface area (Å²) >= 11 is 0. The van der Waals surface area contributed by atoms with Gasteiger partial charge in [0.1, 0.15) is 6.61 Å². The zero-order valence-electron chi connectivity index (χ0n) is 15.6. The average Bonchev–Trinajstić information content (AvgIpc) is 2.60. The summed E-state index contributed by atoms with van der Waals surface area (Å²) in [6.07, 6.45) is 0. The smallest absolute Gasteiger partial charge is 0.333 e. The predicted molar refractivity (Wildman–Crippen MR) is 93.8 cm³/mol. The van der Waals surface area contributed by atoms with Crippen molar-refractivity contribution in [2.24, 2.45) is 0 Å². The molecule has 0 saturated heterocycles. The van der Waals surface area contributed by atoms with E-state index >= 15 is 0 Å². The van der Waals surface area contributed by atoms with Gasteiger partial charge in [-0.25, -0.2) is 4.79 Å². The summed E-state index contributed by atoms with van der Waals surface area (Å²) in [6.45, 7) is 11.4. The fraction of sp³-hybridized carbons (Fsp3) is 0.824. The van der Waals surface area contributed by atoms with E-state index in [4.69, 9.17) is 28.4 Å². The van der Waals surface area contributed by atoms with Crippen molar-refractivity contribution < 1.29 is 33.2 Å². The van der Waals surface area contributed by atoms with Crippen molar-refractivity contribution in [3.63, 3.8) is 0 Å². The van der Waals surface area contributed by atoms with Crippen molar-refractivity contribution >= 4 is 5.97 Å². The summed E-state index contributed by atoms with van der Waals surface area (Å²) < 4.78 is 31.5. The van der Waals surface area contributed by atoms with Crippen LogP contribution in [-0.2, 0) is 33.2 Å². The molecule has 0 radical (unpaired) electrons. The van der Waals surface area contributed by atoms with E-state index < -0.39 is 5.97 Å². The zero-order valence-corrected chi connectivity index (χ0v) is 15.6. The Morgan fingerprint density at radius 1 is 0.720 bits per heavy atom. The van der Waals surface area contributed by atoms with Crippen LogP contribution in [0.3, 0.4) is 0 Å². The van der Waals surface area contributed by atoms with Gasteiger partial charge in [-0.1, -0.05) is 6.58 Å². The van der Waals surface area contributed by atoms with E-state index in [0.29, 0.717) is 71.6 Å².